The van der Waals surface area contributed by atoms with E-state index in [4.69, 9.17) is 10.5 Å². The van der Waals surface area contributed by atoms with E-state index in [0.29, 0.717) is 17.9 Å². The molecule has 0 heterocycles. The molecule has 0 bridgehead atoms. The molecule has 1 atom stereocenters. The highest BCUT2D eigenvalue weighted by Gasteiger charge is 2.19. The number of rotatable bonds is 4. The molecule has 3 N–H and O–H groups in total. The first-order valence-corrected chi connectivity index (χ1v) is 5.24. The quantitative estimate of drug-likeness (QED) is 0.823. The number of carbonyl (C=O) groups is 1. The lowest BCUT2D eigenvalue weighted by Crippen LogP contribution is -2.18. The lowest BCUT2D eigenvalue weighted by atomic mass is 9.99. The van der Waals surface area contributed by atoms with E-state index < -0.39 is 12.2 Å². The Balaban J connectivity index is 2.91. The Morgan fingerprint density at radius 2 is 2.06 bits per heavy atom. The van der Waals surface area contributed by atoms with Gasteiger partial charge in [-0.1, -0.05) is 32.0 Å². The van der Waals surface area contributed by atoms with Gasteiger partial charge in [-0.05, 0) is 18.4 Å². The van der Waals surface area contributed by atoms with Crippen LogP contribution in [0.1, 0.15) is 31.9 Å². The van der Waals surface area contributed by atoms with Gasteiger partial charge in [0.1, 0.15) is 11.9 Å². The van der Waals surface area contributed by atoms with Crippen LogP contribution >= 0.6 is 0 Å². The smallest absolute Gasteiger partial charge is 0.405 e. The van der Waals surface area contributed by atoms with E-state index in [1.165, 1.54) is 0 Å². The van der Waals surface area contributed by atoms with E-state index in [9.17, 15) is 9.90 Å². The molecule has 16 heavy (non-hydrogen) atoms. The first-order valence-electron chi connectivity index (χ1n) is 5.24. The fourth-order valence-corrected chi connectivity index (χ4v) is 1.57. The van der Waals surface area contributed by atoms with Crippen LogP contribution in [0.5, 0.6) is 5.75 Å². The van der Waals surface area contributed by atoms with Gasteiger partial charge in [-0.2, -0.15) is 0 Å². The van der Waals surface area contributed by atoms with Crippen LogP contribution in [0.3, 0.4) is 0 Å². The minimum atomic E-state index is -0.825. The van der Waals surface area contributed by atoms with Crippen molar-refractivity contribution in [2.45, 2.75) is 26.4 Å². The number of phenolic OH excluding ortho intramolecular Hbond substituents is 1. The predicted molar refractivity (Wildman–Crippen MR) is 61.0 cm³/mol. The standard InChI is InChI=1S/C12H17NO3/c1-8(2)7-11(16-12(13)15)9-5-3-4-6-10(9)14/h3-6,8,11,14H,7H2,1-2H3,(H2,13,15). The van der Waals surface area contributed by atoms with Gasteiger partial charge < -0.3 is 15.6 Å². The molecule has 0 aliphatic rings. The first kappa shape index (κ1) is 12.4. The molecule has 0 fully saturated rings. The van der Waals surface area contributed by atoms with Crippen LogP contribution in [0.25, 0.3) is 0 Å². The first-order chi connectivity index (χ1) is 7.50. The number of ether oxygens (including phenoxy) is 1. The highest BCUT2D eigenvalue weighted by atomic mass is 16.6. The number of carbonyl (C=O) groups excluding carboxylic acids is 1. The molecule has 1 rings (SSSR count). The Hall–Kier alpha value is -1.71. The van der Waals surface area contributed by atoms with Gasteiger partial charge in [0.2, 0.25) is 0 Å². The molecule has 88 valence electrons. The number of nitrogens with two attached hydrogens (primary N) is 1. The van der Waals surface area contributed by atoms with Crippen molar-refractivity contribution in [1.82, 2.24) is 0 Å². The van der Waals surface area contributed by atoms with Crippen molar-refractivity contribution in [1.29, 1.82) is 0 Å². The average molecular weight is 223 g/mol. The number of aromatic hydroxyl groups is 1. The van der Waals surface area contributed by atoms with Gasteiger partial charge >= 0.3 is 6.09 Å². The molecular weight excluding hydrogens is 206 g/mol. The lowest BCUT2D eigenvalue weighted by molar-refractivity contribution is 0.0919. The summed E-state index contributed by atoms with van der Waals surface area (Å²) in [5.74, 6) is 0.457. The van der Waals surface area contributed by atoms with Crippen molar-refractivity contribution < 1.29 is 14.6 Å². The van der Waals surface area contributed by atoms with Crippen molar-refractivity contribution >= 4 is 6.09 Å². The maximum atomic E-state index is 10.8. The highest BCUT2D eigenvalue weighted by molar-refractivity contribution is 5.65. The van der Waals surface area contributed by atoms with Gasteiger partial charge in [0.05, 0.1) is 0 Å². The molecule has 0 aromatic heterocycles. The van der Waals surface area contributed by atoms with E-state index >= 15 is 0 Å². The van der Waals surface area contributed by atoms with Gasteiger partial charge in [-0.15, -0.1) is 0 Å². The number of hydrogen-bond acceptors (Lipinski definition) is 3. The SMILES string of the molecule is CC(C)CC(OC(N)=O)c1ccccc1O. The van der Waals surface area contributed by atoms with Gasteiger partial charge in [-0.3, -0.25) is 0 Å². The molecule has 1 amide bonds. The number of hydrogen-bond donors (Lipinski definition) is 2. The number of benzene rings is 1. The van der Waals surface area contributed by atoms with Crippen LogP contribution in [0.4, 0.5) is 4.79 Å². The van der Waals surface area contributed by atoms with Crippen molar-refractivity contribution in [3.63, 3.8) is 0 Å². The Bertz CT molecular complexity index is 363. The maximum absolute atomic E-state index is 10.8. The molecule has 1 aromatic rings. The molecule has 1 aromatic carbocycles. The summed E-state index contributed by atoms with van der Waals surface area (Å²) in [6.45, 7) is 4.02. The summed E-state index contributed by atoms with van der Waals surface area (Å²) < 4.78 is 5.01. The van der Waals surface area contributed by atoms with E-state index in [2.05, 4.69) is 0 Å². The normalized spacial score (nSPS) is 12.4. The number of amides is 1. The zero-order valence-electron chi connectivity index (χ0n) is 9.51. The van der Waals surface area contributed by atoms with Crippen LogP contribution in [0.2, 0.25) is 0 Å². The number of primary amides is 1. The van der Waals surface area contributed by atoms with Crippen LogP contribution in [0, 0.1) is 5.92 Å². The van der Waals surface area contributed by atoms with Crippen molar-refractivity contribution in [3.05, 3.63) is 29.8 Å². The summed E-state index contributed by atoms with van der Waals surface area (Å²) in [5.41, 5.74) is 5.61. The second-order valence-corrected chi connectivity index (χ2v) is 4.11. The molecule has 0 aliphatic carbocycles. The van der Waals surface area contributed by atoms with Gasteiger partial charge in [0, 0.05) is 5.56 Å². The molecule has 0 spiro atoms. The van der Waals surface area contributed by atoms with Crippen LogP contribution in [-0.4, -0.2) is 11.2 Å². The molecule has 1 unspecified atom stereocenters. The molecule has 0 aliphatic heterocycles. The highest BCUT2D eigenvalue weighted by Crippen LogP contribution is 2.31. The zero-order chi connectivity index (χ0) is 12.1. The van der Waals surface area contributed by atoms with Crippen LogP contribution in [-0.2, 0) is 4.74 Å². The fraction of sp³-hybridized carbons (Fsp3) is 0.417. The van der Waals surface area contributed by atoms with Gasteiger partial charge in [0.15, 0.2) is 0 Å². The number of para-hydroxylation sites is 1. The summed E-state index contributed by atoms with van der Waals surface area (Å²) in [5, 5.41) is 9.67. The maximum Gasteiger partial charge on any atom is 0.405 e. The lowest BCUT2D eigenvalue weighted by Gasteiger charge is -2.19. The largest absolute Gasteiger partial charge is 0.508 e. The summed E-state index contributed by atoms with van der Waals surface area (Å²) in [4.78, 5) is 10.8. The van der Waals surface area contributed by atoms with E-state index in [1.54, 1.807) is 24.3 Å². The Kier molecular flexibility index (Phi) is 4.17. The molecule has 0 saturated carbocycles. The summed E-state index contributed by atoms with van der Waals surface area (Å²) in [6.07, 6.45) is -0.687. The molecular formula is C12H17NO3. The Morgan fingerprint density at radius 3 is 2.56 bits per heavy atom. The summed E-state index contributed by atoms with van der Waals surface area (Å²) >= 11 is 0. The predicted octanol–water partition coefficient (Wildman–Crippen LogP) is 2.57. The molecule has 4 heteroatoms. The van der Waals surface area contributed by atoms with Crippen molar-refractivity contribution in [2.24, 2.45) is 11.7 Å². The van der Waals surface area contributed by atoms with E-state index in [1.807, 2.05) is 13.8 Å². The minimum Gasteiger partial charge on any atom is -0.508 e. The Labute approximate surface area is 95.0 Å². The van der Waals surface area contributed by atoms with E-state index in [-0.39, 0.29) is 5.75 Å². The molecule has 0 saturated heterocycles. The third-order valence-electron chi connectivity index (χ3n) is 2.23. The van der Waals surface area contributed by atoms with Crippen molar-refractivity contribution in [3.8, 4) is 5.75 Å². The van der Waals surface area contributed by atoms with Crippen LogP contribution in [0.15, 0.2) is 24.3 Å². The molecule has 0 radical (unpaired) electrons. The average Bonchev–Trinajstić information content (AvgIpc) is 2.15. The summed E-state index contributed by atoms with van der Waals surface area (Å²) in [7, 11) is 0. The second-order valence-electron chi connectivity index (χ2n) is 4.11. The van der Waals surface area contributed by atoms with Crippen molar-refractivity contribution in [2.75, 3.05) is 0 Å². The minimum absolute atomic E-state index is 0.120. The molecule has 4 nitrogen and oxygen atoms in total. The summed E-state index contributed by atoms with van der Waals surface area (Å²) in [6, 6.07) is 6.79. The third kappa shape index (κ3) is 3.46. The topological polar surface area (TPSA) is 72.5 Å². The fourth-order valence-electron chi connectivity index (χ4n) is 1.57. The number of phenols is 1. The monoisotopic (exact) mass is 223 g/mol. The van der Waals surface area contributed by atoms with Crippen LogP contribution < -0.4 is 5.73 Å². The second kappa shape index (κ2) is 5.39. The Morgan fingerprint density at radius 1 is 1.44 bits per heavy atom. The zero-order valence-corrected chi connectivity index (χ0v) is 9.51. The van der Waals surface area contributed by atoms with Gasteiger partial charge in [0.25, 0.3) is 0 Å². The van der Waals surface area contributed by atoms with E-state index in [0.717, 1.165) is 0 Å². The van der Waals surface area contributed by atoms with Gasteiger partial charge in [-0.25, -0.2) is 4.79 Å². The third-order valence-corrected chi connectivity index (χ3v) is 2.23.